The predicted octanol–water partition coefficient (Wildman–Crippen LogP) is 4.45. The molecule has 0 atom stereocenters. The molecule has 0 saturated heterocycles. The van der Waals surface area contributed by atoms with Gasteiger partial charge >= 0.3 is 0 Å². The monoisotopic (exact) mass is 326 g/mol. The van der Waals surface area contributed by atoms with Crippen LogP contribution >= 0.6 is 0 Å². The van der Waals surface area contributed by atoms with Gasteiger partial charge in [0.1, 0.15) is 11.5 Å². The van der Waals surface area contributed by atoms with E-state index in [0.717, 1.165) is 0 Å². The Morgan fingerprint density at radius 3 is 1.68 bits per heavy atom. The summed E-state index contributed by atoms with van der Waals surface area (Å²) in [6.07, 6.45) is 0. The molecule has 3 aromatic carbocycles. The fourth-order valence-electron chi connectivity index (χ4n) is 2.43. The third-order valence-electron chi connectivity index (χ3n) is 3.65. The lowest BCUT2D eigenvalue weighted by atomic mass is 10.0. The fraction of sp³-hybridized carbons (Fsp3) is 0. The molecule has 0 N–H and O–H groups in total. The summed E-state index contributed by atoms with van der Waals surface area (Å²) in [6, 6.07) is 27.1. The first kappa shape index (κ1) is 16.3. The van der Waals surface area contributed by atoms with Crippen LogP contribution in [-0.4, -0.2) is 17.4 Å². The van der Waals surface area contributed by atoms with Gasteiger partial charge in [-0.05, 0) is 12.1 Å². The molecule has 3 aromatic rings. The van der Waals surface area contributed by atoms with E-state index in [-0.39, 0.29) is 5.57 Å². The van der Waals surface area contributed by atoms with Gasteiger partial charge in [0.15, 0.2) is 0 Å². The van der Waals surface area contributed by atoms with Crippen molar-refractivity contribution in [2.45, 2.75) is 0 Å². The smallest absolute Gasteiger partial charge is 0.206 e. The zero-order valence-electron chi connectivity index (χ0n) is 13.4. The van der Waals surface area contributed by atoms with Crippen molar-refractivity contribution >= 4 is 23.1 Å². The van der Waals surface area contributed by atoms with E-state index in [9.17, 15) is 9.59 Å². The summed E-state index contributed by atoms with van der Waals surface area (Å²) in [7, 11) is 0. The van der Waals surface area contributed by atoms with Crippen molar-refractivity contribution < 1.29 is 9.59 Å². The highest BCUT2D eigenvalue weighted by Gasteiger charge is 2.21. The average Bonchev–Trinajstić information content (AvgIpc) is 2.70. The van der Waals surface area contributed by atoms with Crippen LogP contribution in [0, 0.1) is 0 Å². The van der Waals surface area contributed by atoms with Crippen LogP contribution in [0.5, 0.6) is 0 Å². The number of benzene rings is 3. The Morgan fingerprint density at radius 2 is 1.16 bits per heavy atom. The van der Waals surface area contributed by atoms with Gasteiger partial charge in [-0.15, -0.1) is 0 Å². The van der Waals surface area contributed by atoms with E-state index in [1.807, 2.05) is 66.7 Å². The molecule has 3 nitrogen and oxygen atoms in total. The third kappa shape index (κ3) is 3.86. The SMILES string of the molecule is O=C=C(C(=Nc1ccccc1)c1ccccc1)[13C](=O)c1ccccc1. The number of hydrogen-bond donors (Lipinski definition) is 0. The van der Waals surface area contributed by atoms with Crippen molar-refractivity contribution in [3.8, 4) is 0 Å². The van der Waals surface area contributed by atoms with Crippen LogP contribution in [0.15, 0.2) is 102 Å². The Bertz CT molecular complexity index is 939. The highest BCUT2D eigenvalue weighted by Crippen LogP contribution is 2.19. The van der Waals surface area contributed by atoms with Gasteiger partial charge in [0, 0.05) is 11.1 Å². The molecular weight excluding hydrogens is 311 g/mol. The molecule has 0 unspecified atom stereocenters. The number of nitrogens with zero attached hydrogens (tertiary/aromatic N) is 1. The molecule has 0 aromatic heterocycles. The van der Waals surface area contributed by atoms with E-state index < -0.39 is 5.78 Å². The third-order valence-corrected chi connectivity index (χ3v) is 3.65. The van der Waals surface area contributed by atoms with Crippen molar-refractivity contribution in [1.82, 2.24) is 0 Å². The summed E-state index contributed by atoms with van der Waals surface area (Å²) < 4.78 is 0. The number of carbonyl (C=O) groups is 1. The number of Topliss-reactive ketones (excluding diaryl/α,β-unsaturated/α-hetero) is 1. The standard InChI is InChI=1S/C22H15NO2/c24-16-20(22(25)18-12-6-2-7-13-18)21(17-10-4-1-5-11-17)23-19-14-8-3-9-15-19/h1-15H/i22+1. The van der Waals surface area contributed by atoms with E-state index in [2.05, 4.69) is 4.99 Å². The predicted molar refractivity (Wildman–Crippen MR) is 99.1 cm³/mol. The average molecular weight is 326 g/mol. The summed E-state index contributed by atoms with van der Waals surface area (Å²) in [6.45, 7) is 0. The summed E-state index contributed by atoms with van der Waals surface area (Å²) in [5.74, 6) is 1.41. The molecule has 120 valence electrons. The Balaban J connectivity index is 2.12. The van der Waals surface area contributed by atoms with Crippen molar-refractivity contribution in [3.63, 3.8) is 0 Å². The maximum atomic E-state index is 12.8. The van der Waals surface area contributed by atoms with Crippen molar-refractivity contribution in [1.29, 1.82) is 0 Å². The minimum Gasteiger partial charge on any atom is -0.288 e. The minimum absolute atomic E-state index is 0.0822. The highest BCUT2D eigenvalue weighted by molar-refractivity contribution is 6.37. The molecule has 0 aliphatic rings. The molecule has 0 aliphatic heterocycles. The largest absolute Gasteiger partial charge is 0.288 e. The lowest BCUT2D eigenvalue weighted by Gasteiger charge is -2.08. The van der Waals surface area contributed by atoms with Crippen LogP contribution in [0.3, 0.4) is 0 Å². The maximum absolute atomic E-state index is 12.8. The van der Waals surface area contributed by atoms with Gasteiger partial charge in [0.2, 0.25) is 5.78 Å². The first-order valence-electron chi connectivity index (χ1n) is 7.84. The van der Waals surface area contributed by atoms with Gasteiger partial charge in [0.05, 0.1) is 11.4 Å². The molecule has 0 bridgehead atoms. The molecule has 0 amide bonds. The van der Waals surface area contributed by atoms with Gasteiger partial charge < -0.3 is 0 Å². The van der Waals surface area contributed by atoms with Gasteiger partial charge in [-0.2, -0.15) is 0 Å². The van der Waals surface area contributed by atoms with Crippen LogP contribution in [0.4, 0.5) is 5.69 Å². The number of para-hydroxylation sites is 1. The van der Waals surface area contributed by atoms with Crippen LogP contribution in [-0.2, 0) is 4.79 Å². The lowest BCUT2D eigenvalue weighted by molar-refractivity contribution is 0.104. The zero-order chi connectivity index (χ0) is 17.5. The number of rotatable bonds is 5. The van der Waals surface area contributed by atoms with Crippen molar-refractivity contribution in [2.75, 3.05) is 0 Å². The van der Waals surface area contributed by atoms with Crippen LogP contribution < -0.4 is 0 Å². The van der Waals surface area contributed by atoms with Crippen LogP contribution in [0.25, 0.3) is 0 Å². The van der Waals surface area contributed by atoms with E-state index in [4.69, 9.17) is 0 Å². The van der Waals surface area contributed by atoms with Gasteiger partial charge in [0.25, 0.3) is 0 Å². The molecular formula is C22H15NO2. The Morgan fingerprint density at radius 1 is 0.680 bits per heavy atom. The first-order valence-corrected chi connectivity index (χ1v) is 7.84. The number of hydrogen-bond acceptors (Lipinski definition) is 3. The van der Waals surface area contributed by atoms with Gasteiger partial charge in [-0.1, -0.05) is 78.9 Å². The number of allylic oxidation sites excluding steroid dienone is 1. The number of ketones is 1. The van der Waals surface area contributed by atoms with Crippen molar-refractivity contribution in [3.05, 3.63) is 108 Å². The van der Waals surface area contributed by atoms with E-state index in [1.54, 1.807) is 30.2 Å². The van der Waals surface area contributed by atoms with Crippen molar-refractivity contribution in [2.24, 2.45) is 4.99 Å². The Labute approximate surface area is 146 Å². The molecule has 25 heavy (non-hydrogen) atoms. The van der Waals surface area contributed by atoms with Gasteiger partial charge in [-0.3, -0.25) is 4.79 Å². The molecule has 0 radical (unpaired) electrons. The fourth-order valence-corrected chi connectivity index (χ4v) is 2.43. The highest BCUT2D eigenvalue weighted by atomic mass is 16.2. The topological polar surface area (TPSA) is 46.5 Å². The quantitative estimate of drug-likeness (QED) is 0.229. The summed E-state index contributed by atoms with van der Waals surface area (Å²) in [5.41, 5.74) is 2.01. The normalized spacial score (nSPS) is 10.8. The van der Waals surface area contributed by atoms with Gasteiger partial charge in [-0.25, -0.2) is 9.79 Å². The number of aliphatic imine (C=N–C) groups is 1. The first-order chi connectivity index (χ1) is 12.3. The molecule has 3 heteroatoms. The minimum atomic E-state index is -0.394. The lowest BCUT2D eigenvalue weighted by Crippen LogP contribution is -2.15. The van der Waals surface area contributed by atoms with E-state index in [0.29, 0.717) is 22.5 Å². The second-order valence-electron chi connectivity index (χ2n) is 5.33. The second-order valence-corrected chi connectivity index (χ2v) is 5.33. The summed E-state index contributed by atoms with van der Waals surface area (Å²) >= 11 is 0. The van der Waals surface area contributed by atoms with Crippen LogP contribution in [0.2, 0.25) is 0 Å². The summed E-state index contributed by atoms with van der Waals surface area (Å²) in [4.78, 5) is 29.0. The molecule has 0 spiro atoms. The number of carbonyl (C=O) groups excluding carboxylic acids is 2. The zero-order valence-corrected chi connectivity index (χ0v) is 13.4. The molecule has 0 fully saturated rings. The molecule has 0 aliphatic carbocycles. The summed E-state index contributed by atoms with van der Waals surface area (Å²) in [5, 5.41) is 0. The van der Waals surface area contributed by atoms with E-state index in [1.165, 1.54) is 0 Å². The Hall–Kier alpha value is -3.55. The molecule has 3 rings (SSSR count). The van der Waals surface area contributed by atoms with Crippen LogP contribution in [0.1, 0.15) is 15.9 Å². The van der Waals surface area contributed by atoms with E-state index >= 15 is 0 Å². The molecule has 0 heterocycles. The second kappa shape index (κ2) is 7.82. The molecule has 0 saturated carbocycles. The maximum Gasteiger partial charge on any atom is 0.206 e. The Kier molecular flexibility index (Phi) is 5.10.